The molecule has 0 aliphatic heterocycles. The van der Waals surface area contributed by atoms with Crippen molar-refractivity contribution in [2.24, 2.45) is 11.0 Å². The van der Waals surface area contributed by atoms with Crippen LogP contribution in [0.4, 0.5) is 0 Å². The van der Waals surface area contributed by atoms with Crippen molar-refractivity contribution in [1.82, 2.24) is 5.43 Å². The second kappa shape index (κ2) is 6.18. The number of phenols is 1. The van der Waals surface area contributed by atoms with Gasteiger partial charge in [0, 0.05) is 5.71 Å². The van der Waals surface area contributed by atoms with E-state index >= 15 is 0 Å². The van der Waals surface area contributed by atoms with Gasteiger partial charge in [0.05, 0.1) is 5.56 Å². The summed E-state index contributed by atoms with van der Waals surface area (Å²) in [5.41, 5.74) is 3.95. The molecule has 2 aromatic rings. The van der Waals surface area contributed by atoms with Crippen LogP contribution in [0.2, 0.25) is 0 Å². The highest BCUT2D eigenvalue weighted by atomic mass is 16.3. The lowest BCUT2D eigenvalue weighted by Gasteiger charge is -2.19. The normalized spacial score (nSPS) is 20.2. The molecule has 1 fully saturated rings. The third kappa shape index (κ3) is 2.82. The fraction of sp³-hybridized carbons (Fsp3) is 0.333. The summed E-state index contributed by atoms with van der Waals surface area (Å²) < 4.78 is 0. The molecule has 1 aliphatic rings. The third-order valence-electron chi connectivity index (χ3n) is 4.32. The van der Waals surface area contributed by atoms with Gasteiger partial charge in [0.25, 0.3) is 5.91 Å². The molecule has 1 saturated carbocycles. The van der Waals surface area contributed by atoms with Crippen molar-refractivity contribution in [3.05, 3.63) is 42.0 Å². The number of amides is 1. The minimum atomic E-state index is -0.362. The molecule has 0 aromatic heterocycles. The summed E-state index contributed by atoms with van der Waals surface area (Å²) in [6, 6.07) is 10.9. The lowest BCUT2D eigenvalue weighted by Crippen LogP contribution is -2.24. The number of nitrogens with one attached hydrogen (secondary N) is 1. The zero-order chi connectivity index (χ0) is 15.5. The smallest absolute Gasteiger partial charge is 0.275 e. The number of carbonyl (C=O) groups excluding carboxylic acids is 1. The number of phenolic OH excluding ortho intramolecular Hbond substituents is 1. The van der Waals surface area contributed by atoms with Crippen LogP contribution in [0.3, 0.4) is 0 Å². The number of hydrogen-bond acceptors (Lipinski definition) is 3. The Hall–Kier alpha value is -2.36. The number of benzene rings is 2. The zero-order valence-corrected chi connectivity index (χ0v) is 12.7. The van der Waals surface area contributed by atoms with E-state index in [1.807, 2.05) is 24.3 Å². The molecule has 22 heavy (non-hydrogen) atoms. The molecule has 0 spiro atoms. The first-order chi connectivity index (χ1) is 10.7. The summed E-state index contributed by atoms with van der Waals surface area (Å²) >= 11 is 0. The van der Waals surface area contributed by atoms with Crippen molar-refractivity contribution in [2.75, 3.05) is 0 Å². The molecule has 114 valence electrons. The number of hydrazone groups is 1. The molecule has 1 unspecified atom stereocenters. The van der Waals surface area contributed by atoms with E-state index < -0.39 is 0 Å². The fourth-order valence-electron chi connectivity index (χ4n) is 3.01. The Morgan fingerprint density at radius 3 is 2.86 bits per heavy atom. The molecule has 1 amide bonds. The van der Waals surface area contributed by atoms with Crippen molar-refractivity contribution in [3.8, 4) is 5.75 Å². The van der Waals surface area contributed by atoms with Crippen LogP contribution in [0, 0.1) is 5.92 Å². The molecule has 2 N–H and O–H groups in total. The second-order valence-electron chi connectivity index (χ2n) is 5.87. The fourth-order valence-corrected chi connectivity index (χ4v) is 3.01. The number of fused-ring (bicyclic) bond motifs is 1. The van der Waals surface area contributed by atoms with E-state index in [-0.39, 0.29) is 17.2 Å². The van der Waals surface area contributed by atoms with Gasteiger partial charge in [-0.3, -0.25) is 4.79 Å². The van der Waals surface area contributed by atoms with E-state index in [1.165, 1.54) is 6.42 Å². The van der Waals surface area contributed by atoms with Gasteiger partial charge >= 0.3 is 0 Å². The Morgan fingerprint density at radius 1 is 1.23 bits per heavy atom. The van der Waals surface area contributed by atoms with Gasteiger partial charge in [0.15, 0.2) is 0 Å². The van der Waals surface area contributed by atoms with Gasteiger partial charge in [0.2, 0.25) is 0 Å². The second-order valence-corrected chi connectivity index (χ2v) is 5.87. The molecular formula is C18H20N2O2. The number of aromatic hydroxyl groups is 1. The van der Waals surface area contributed by atoms with Gasteiger partial charge in [-0.05, 0) is 42.0 Å². The topological polar surface area (TPSA) is 61.7 Å². The van der Waals surface area contributed by atoms with Crippen LogP contribution in [-0.2, 0) is 0 Å². The first-order valence-electron chi connectivity index (χ1n) is 7.74. The average molecular weight is 296 g/mol. The molecule has 2 aromatic carbocycles. The van der Waals surface area contributed by atoms with Gasteiger partial charge in [-0.1, -0.05) is 43.7 Å². The van der Waals surface area contributed by atoms with Crippen LogP contribution in [0.15, 0.2) is 41.5 Å². The van der Waals surface area contributed by atoms with Crippen molar-refractivity contribution in [3.63, 3.8) is 0 Å². The van der Waals surface area contributed by atoms with Gasteiger partial charge in [-0.25, -0.2) is 5.43 Å². The standard InChI is InChI=1S/C18H20N2O2/c1-12-6-2-5-9-15(12)19-20-18(22)17-14-8-4-3-7-13(14)10-11-16(17)21/h3-4,7-8,10-12,21H,2,5-6,9H2,1H3,(H,20,22)/b19-15+. The lowest BCUT2D eigenvalue weighted by atomic mass is 9.89. The van der Waals surface area contributed by atoms with E-state index in [9.17, 15) is 9.90 Å². The highest BCUT2D eigenvalue weighted by Gasteiger charge is 2.18. The quantitative estimate of drug-likeness (QED) is 0.827. The maximum atomic E-state index is 12.5. The third-order valence-corrected chi connectivity index (χ3v) is 4.32. The predicted molar refractivity (Wildman–Crippen MR) is 88.1 cm³/mol. The Kier molecular flexibility index (Phi) is 4.09. The average Bonchev–Trinajstić information content (AvgIpc) is 2.53. The number of nitrogens with zero attached hydrogens (tertiary/aromatic N) is 1. The molecular weight excluding hydrogens is 276 g/mol. The Balaban J connectivity index is 1.89. The summed E-state index contributed by atoms with van der Waals surface area (Å²) in [5.74, 6) is 0.0304. The maximum absolute atomic E-state index is 12.5. The van der Waals surface area contributed by atoms with Crippen molar-refractivity contribution < 1.29 is 9.90 Å². The molecule has 1 atom stereocenters. The highest BCUT2D eigenvalue weighted by molar-refractivity contribution is 6.09. The minimum absolute atomic E-state index is 0.0203. The van der Waals surface area contributed by atoms with E-state index in [2.05, 4.69) is 17.5 Å². The Morgan fingerprint density at radius 2 is 2.05 bits per heavy atom. The Bertz CT molecular complexity index is 737. The predicted octanol–water partition coefficient (Wildman–Crippen LogP) is 3.84. The molecule has 0 heterocycles. The summed E-state index contributed by atoms with van der Waals surface area (Å²) in [6.45, 7) is 2.14. The maximum Gasteiger partial charge on any atom is 0.275 e. The molecule has 3 rings (SSSR count). The number of hydrogen-bond donors (Lipinski definition) is 2. The molecule has 4 nitrogen and oxygen atoms in total. The van der Waals surface area contributed by atoms with Crippen LogP contribution in [0.1, 0.15) is 43.0 Å². The first-order valence-corrected chi connectivity index (χ1v) is 7.74. The largest absolute Gasteiger partial charge is 0.507 e. The van der Waals surface area contributed by atoms with E-state index in [0.29, 0.717) is 5.92 Å². The van der Waals surface area contributed by atoms with Crippen LogP contribution in [-0.4, -0.2) is 16.7 Å². The first kappa shape index (κ1) is 14.6. The van der Waals surface area contributed by atoms with Crippen LogP contribution in [0.5, 0.6) is 5.75 Å². The summed E-state index contributed by atoms with van der Waals surface area (Å²) in [6.07, 6.45) is 4.40. The van der Waals surface area contributed by atoms with Crippen molar-refractivity contribution in [1.29, 1.82) is 0 Å². The van der Waals surface area contributed by atoms with Gasteiger partial charge in [-0.2, -0.15) is 5.10 Å². The highest BCUT2D eigenvalue weighted by Crippen LogP contribution is 2.27. The summed E-state index contributed by atoms with van der Waals surface area (Å²) in [5, 5.41) is 16.0. The zero-order valence-electron chi connectivity index (χ0n) is 12.7. The summed E-state index contributed by atoms with van der Waals surface area (Å²) in [7, 11) is 0. The van der Waals surface area contributed by atoms with Gasteiger partial charge in [-0.15, -0.1) is 0 Å². The molecule has 0 radical (unpaired) electrons. The van der Waals surface area contributed by atoms with Gasteiger partial charge < -0.3 is 5.11 Å². The molecule has 4 heteroatoms. The van der Waals surface area contributed by atoms with Crippen LogP contribution >= 0.6 is 0 Å². The molecule has 0 bridgehead atoms. The molecule has 1 aliphatic carbocycles. The minimum Gasteiger partial charge on any atom is -0.507 e. The van der Waals surface area contributed by atoms with Crippen molar-refractivity contribution >= 4 is 22.4 Å². The monoisotopic (exact) mass is 296 g/mol. The number of rotatable bonds is 2. The van der Waals surface area contributed by atoms with E-state index in [4.69, 9.17) is 0 Å². The van der Waals surface area contributed by atoms with Crippen molar-refractivity contribution in [2.45, 2.75) is 32.6 Å². The molecule has 0 saturated heterocycles. The van der Waals surface area contributed by atoms with Gasteiger partial charge in [0.1, 0.15) is 5.75 Å². The van der Waals surface area contributed by atoms with Crippen LogP contribution in [0.25, 0.3) is 10.8 Å². The number of carbonyl (C=O) groups is 1. The van der Waals surface area contributed by atoms with E-state index in [0.717, 1.165) is 35.7 Å². The van der Waals surface area contributed by atoms with E-state index in [1.54, 1.807) is 12.1 Å². The lowest BCUT2D eigenvalue weighted by molar-refractivity contribution is 0.0953. The SMILES string of the molecule is CC1CCCC/C1=N\NC(=O)c1c(O)ccc2ccccc12. The summed E-state index contributed by atoms with van der Waals surface area (Å²) in [4.78, 5) is 12.5. The van der Waals surface area contributed by atoms with Crippen LogP contribution < -0.4 is 5.43 Å². The Labute approximate surface area is 129 Å².